The van der Waals surface area contributed by atoms with Crippen LogP contribution in [-0.2, 0) is 6.42 Å². The number of nitrogens with one attached hydrogen (secondary N) is 1. The van der Waals surface area contributed by atoms with Crippen molar-refractivity contribution in [1.29, 1.82) is 0 Å². The third-order valence-electron chi connectivity index (χ3n) is 3.39. The lowest BCUT2D eigenvalue weighted by Gasteiger charge is -2.02. The topological polar surface area (TPSA) is 41.5 Å². The molecule has 1 heterocycles. The summed E-state index contributed by atoms with van der Waals surface area (Å²) in [5.74, 6) is -0.274. The third-order valence-corrected chi connectivity index (χ3v) is 5.07. The van der Waals surface area contributed by atoms with E-state index in [9.17, 15) is 4.79 Å². The van der Waals surface area contributed by atoms with Crippen LogP contribution in [0, 0.1) is 0 Å². The summed E-state index contributed by atoms with van der Waals surface area (Å²) >= 11 is 7.67. The predicted octanol–water partition coefficient (Wildman–Crippen LogP) is 4.90. The number of fused-ring (bicyclic) bond motifs is 1. The molecule has 3 aromatic rings. The SMILES string of the molecule is C/C(Cc1ccccc1)=N/NC(=O)c1sc2ccccc2c1Cl. The second-order valence-corrected chi connectivity index (χ2v) is 6.62. The zero-order valence-electron chi connectivity index (χ0n) is 12.5. The Hall–Kier alpha value is -2.17. The molecule has 0 spiro atoms. The van der Waals surface area contributed by atoms with Crippen LogP contribution in [0.1, 0.15) is 22.2 Å². The Morgan fingerprint density at radius 1 is 1.13 bits per heavy atom. The van der Waals surface area contributed by atoms with Crippen LogP contribution in [0.2, 0.25) is 5.02 Å². The van der Waals surface area contributed by atoms with Crippen molar-refractivity contribution in [2.75, 3.05) is 0 Å². The first-order valence-electron chi connectivity index (χ1n) is 7.19. The lowest BCUT2D eigenvalue weighted by atomic mass is 10.1. The second kappa shape index (κ2) is 6.94. The van der Waals surface area contributed by atoms with Gasteiger partial charge in [0.15, 0.2) is 0 Å². The van der Waals surface area contributed by atoms with Gasteiger partial charge in [0.05, 0.1) is 5.02 Å². The number of halogens is 1. The number of nitrogens with zero attached hydrogens (tertiary/aromatic N) is 1. The molecule has 0 saturated heterocycles. The Morgan fingerprint density at radius 2 is 1.83 bits per heavy atom. The Labute approximate surface area is 143 Å². The van der Waals surface area contributed by atoms with Crippen LogP contribution < -0.4 is 5.43 Å². The number of thiophene rings is 1. The van der Waals surface area contributed by atoms with Gasteiger partial charge in [-0.3, -0.25) is 4.79 Å². The molecule has 0 atom stereocenters. The van der Waals surface area contributed by atoms with E-state index in [1.54, 1.807) is 0 Å². The number of carbonyl (C=O) groups is 1. The fourth-order valence-corrected chi connectivity index (χ4v) is 3.69. The van der Waals surface area contributed by atoms with E-state index >= 15 is 0 Å². The summed E-state index contributed by atoms with van der Waals surface area (Å²) in [6, 6.07) is 17.7. The average Bonchev–Trinajstić information content (AvgIpc) is 2.91. The summed E-state index contributed by atoms with van der Waals surface area (Å²) in [6.07, 6.45) is 0.696. The lowest BCUT2D eigenvalue weighted by molar-refractivity contribution is 0.0959. The standard InChI is InChI=1S/C18H15ClN2OS/c1-12(11-13-7-3-2-4-8-13)20-21-18(22)17-16(19)14-9-5-6-10-15(14)23-17/h2-10H,11H2,1H3,(H,21,22)/b20-12-. The normalized spacial score (nSPS) is 11.7. The van der Waals surface area contributed by atoms with Crippen molar-refractivity contribution in [3.8, 4) is 0 Å². The van der Waals surface area contributed by atoms with Crippen LogP contribution in [0.3, 0.4) is 0 Å². The molecule has 0 aliphatic carbocycles. The first-order valence-corrected chi connectivity index (χ1v) is 8.39. The van der Waals surface area contributed by atoms with Crippen molar-refractivity contribution in [2.24, 2.45) is 5.10 Å². The van der Waals surface area contributed by atoms with E-state index in [1.807, 2.05) is 61.5 Å². The van der Waals surface area contributed by atoms with E-state index in [1.165, 1.54) is 11.3 Å². The summed E-state index contributed by atoms with van der Waals surface area (Å²) in [7, 11) is 0. The second-order valence-electron chi connectivity index (χ2n) is 5.19. The Kier molecular flexibility index (Phi) is 4.74. The molecular weight excluding hydrogens is 328 g/mol. The van der Waals surface area contributed by atoms with Gasteiger partial charge in [-0.15, -0.1) is 11.3 Å². The van der Waals surface area contributed by atoms with Crippen LogP contribution in [0.15, 0.2) is 59.7 Å². The maximum absolute atomic E-state index is 12.3. The Balaban J connectivity index is 1.73. The highest BCUT2D eigenvalue weighted by Gasteiger charge is 2.16. The summed E-state index contributed by atoms with van der Waals surface area (Å²) in [5, 5.41) is 5.55. The van der Waals surface area contributed by atoms with E-state index in [0.717, 1.165) is 21.4 Å². The monoisotopic (exact) mass is 342 g/mol. The van der Waals surface area contributed by atoms with Crippen molar-refractivity contribution < 1.29 is 4.79 Å². The van der Waals surface area contributed by atoms with E-state index in [2.05, 4.69) is 10.5 Å². The average molecular weight is 343 g/mol. The molecule has 3 rings (SSSR count). The molecule has 3 nitrogen and oxygen atoms in total. The third kappa shape index (κ3) is 3.60. The van der Waals surface area contributed by atoms with Gasteiger partial charge >= 0.3 is 0 Å². The summed E-state index contributed by atoms with van der Waals surface area (Å²) < 4.78 is 0.993. The quantitative estimate of drug-likeness (QED) is 0.531. The lowest BCUT2D eigenvalue weighted by Crippen LogP contribution is -2.18. The largest absolute Gasteiger partial charge is 0.283 e. The number of hydrogen-bond donors (Lipinski definition) is 1. The Bertz CT molecular complexity index is 871. The highest BCUT2D eigenvalue weighted by atomic mass is 35.5. The number of amides is 1. The molecule has 2 aromatic carbocycles. The highest BCUT2D eigenvalue weighted by molar-refractivity contribution is 7.21. The smallest absolute Gasteiger partial charge is 0.266 e. The molecule has 116 valence electrons. The van der Waals surface area contributed by atoms with Crippen LogP contribution in [0.25, 0.3) is 10.1 Å². The molecule has 0 fully saturated rings. The molecular formula is C18H15ClN2OS. The van der Waals surface area contributed by atoms with Gasteiger partial charge in [0.1, 0.15) is 4.88 Å². The minimum absolute atomic E-state index is 0.274. The van der Waals surface area contributed by atoms with Gasteiger partial charge in [0.25, 0.3) is 5.91 Å². The maximum Gasteiger partial charge on any atom is 0.283 e. The first-order chi connectivity index (χ1) is 11.1. The van der Waals surface area contributed by atoms with Crippen molar-refractivity contribution in [1.82, 2.24) is 5.43 Å². The minimum Gasteiger partial charge on any atom is -0.266 e. The summed E-state index contributed by atoms with van der Waals surface area (Å²) in [5.41, 5.74) is 4.59. The van der Waals surface area contributed by atoms with Crippen LogP contribution in [-0.4, -0.2) is 11.6 Å². The maximum atomic E-state index is 12.3. The van der Waals surface area contributed by atoms with E-state index in [4.69, 9.17) is 11.6 Å². The van der Waals surface area contributed by atoms with Crippen molar-refractivity contribution in [3.63, 3.8) is 0 Å². The molecule has 0 aliphatic rings. The first kappa shape index (κ1) is 15.7. The van der Waals surface area contributed by atoms with Gasteiger partial charge < -0.3 is 0 Å². The van der Waals surface area contributed by atoms with E-state index in [-0.39, 0.29) is 5.91 Å². The summed E-state index contributed by atoms with van der Waals surface area (Å²) in [6.45, 7) is 1.89. The molecule has 5 heteroatoms. The number of hydrazone groups is 1. The van der Waals surface area contributed by atoms with Crippen molar-refractivity contribution in [3.05, 3.63) is 70.1 Å². The van der Waals surface area contributed by atoms with E-state index in [0.29, 0.717) is 16.3 Å². The number of carbonyl (C=O) groups excluding carboxylic acids is 1. The van der Waals surface area contributed by atoms with Gasteiger partial charge in [-0.1, -0.05) is 60.1 Å². The highest BCUT2D eigenvalue weighted by Crippen LogP contribution is 2.34. The molecule has 23 heavy (non-hydrogen) atoms. The molecule has 0 saturated carbocycles. The molecule has 0 aliphatic heterocycles. The van der Waals surface area contributed by atoms with E-state index < -0.39 is 0 Å². The zero-order valence-corrected chi connectivity index (χ0v) is 14.1. The summed E-state index contributed by atoms with van der Waals surface area (Å²) in [4.78, 5) is 12.8. The fraction of sp³-hybridized carbons (Fsp3) is 0.111. The number of hydrogen-bond acceptors (Lipinski definition) is 3. The van der Waals surface area contributed by atoms with Crippen molar-refractivity contribution in [2.45, 2.75) is 13.3 Å². The molecule has 1 N–H and O–H groups in total. The number of rotatable bonds is 4. The van der Waals surface area contributed by atoms with Gasteiger partial charge in [-0.05, 0) is 18.6 Å². The predicted molar refractivity (Wildman–Crippen MR) is 97.6 cm³/mol. The van der Waals surface area contributed by atoms with Crippen molar-refractivity contribution >= 4 is 44.6 Å². The zero-order chi connectivity index (χ0) is 16.2. The van der Waals surface area contributed by atoms with Gasteiger partial charge in [-0.2, -0.15) is 5.10 Å². The molecule has 0 unspecified atom stereocenters. The van der Waals surface area contributed by atoms with Crippen LogP contribution >= 0.6 is 22.9 Å². The molecule has 1 aromatic heterocycles. The fourth-order valence-electron chi connectivity index (χ4n) is 2.29. The number of benzene rings is 2. The van der Waals surface area contributed by atoms with Crippen LogP contribution in [0.4, 0.5) is 0 Å². The molecule has 1 amide bonds. The van der Waals surface area contributed by atoms with Gasteiger partial charge in [0.2, 0.25) is 0 Å². The molecule has 0 bridgehead atoms. The van der Waals surface area contributed by atoms with Gasteiger partial charge in [-0.25, -0.2) is 5.43 Å². The molecule has 0 radical (unpaired) electrons. The Morgan fingerprint density at radius 3 is 2.57 bits per heavy atom. The minimum atomic E-state index is -0.274. The van der Waals surface area contributed by atoms with Crippen LogP contribution in [0.5, 0.6) is 0 Å². The van der Waals surface area contributed by atoms with Gasteiger partial charge in [0, 0.05) is 22.2 Å².